The van der Waals surface area contributed by atoms with Crippen molar-refractivity contribution >= 4 is 17.1 Å². The summed E-state index contributed by atoms with van der Waals surface area (Å²) < 4.78 is 0. The molecule has 0 atom stereocenters. The highest BCUT2D eigenvalue weighted by Crippen LogP contribution is 2.63. The van der Waals surface area contributed by atoms with Gasteiger partial charge in [-0.2, -0.15) is 0 Å². The number of fused-ring (bicyclic) bond motifs is 10. The largest absolute Gasteiger partial charge is 0.310 e. The van der Waals surface area contributed by atoms with E-state index in [0.717, 1.165) is 11.4 Å². The van der Waals surface area contributed by atoms with E-state index in [1.165, 1.54) is 61.3 Å². The molecular formula is C39H29N. The van der Waals surface area contributed by atoms with Crippen molar-refractivity contribution in [2.45, 2.75) is 19.3 Å². The van der Waals surface area contributed by atoms with Gasteiger partial charge in [0.15, 0.2) is 0 Å². The van der Waals surface area contributed by atoms with Crippen molar-refractivity contribution in [1.82, 2.24) is 0 Å². The Labute approximate surface area is 236 Å². The fourth-order valence-corrected chi connectivity index (χ4v) is 7.13. The lowest BCUT2D eigenvalue weighted by Gasteiger charge is -2.32. The topological polar surface area (TPSA) is 3.24 Å². The quantitative estimate of drug-likeness (QED) is 0.228. The van der Waals surface area contributed by atoms with Crippen LogP contribution in [0.15, 0.2) is 140 Å². The third-order valence-corrected chi connectivity index (χ3v) is 8.97. The van der Waals surface area contributed by atoms with E-state index in [0.29, 0.717) is 0 Å². The van der Waals surface area contributed by atoms with Gasteiger partial charge in [-0.25, -0.2) is 0 Å². The molecule has 2 aliphatic rings. The predicted molar refractivity (Wildman–Crippen MR) is 167 cm³/mol. The maximum atomic E-state index is 2.46. The van der Waals surface area contributed by atoms with Gasteiger partial charge < -0.3 is 4.90 Å². The first-order chi connectivity index (χ1) is 19.7. The third-order valence-electron chi connectivity index (χ3n) is 8.97. The van der Waals surface area contributed by atoms with Gasteiger partial charge >= 0.3 is 0 Å². The summed E-state index contributed by atoms with van der Waals surface area (Å²) in [7, 11) is 0. The fourth-order valence-electron chi connectivity index (χ4n) is 7.13. The van der Waals surface area contributed by atoms with E-state index in [4.69, 9.17) is 0 Å². The van der Waals surface area contributed by atoms with Crippen molar-refractivity contribution < 1.29 is 0 Å². The van der Waals surface area contributed by atoms with Crippen molar-refractivity contribution in [2.75, 3.05) is 4.90 Å². The molecule has 1 heteroatoms. The van der Waals surface area contributed by atoms with Crippen LogP contribution < -0.4 is 4.90 Å². The molecule has 1 spiro atoms. The summed E-state index contributed by atoms with van der Waals surface area (Å²) in [6.45, 7) is 4.48. The first-order valence-electron chi connectivity index (χ1n) is 14.0. The smallest absolute Gasteiger partial charge is 0.0726 e. The minimum Gasteiger partial charge on any atom is -0.310 e. The van der Waals surface area contributed by atoms with E-state index >= 15 is 0 Å². The van der Waals surface area contributed by atoms with E-state index in [-0.39, 0.29) is 5.41 Å². The summed E-state index contributed by atoms with van der Waals surface area (Å²) in [5.74, 6) is 0. The highest BCUT2D eigenvalue weighted by Gasteiger charge is 2.51. The average Bonchev–Trinajstić information content (AvgIpc) is 3.45. The van der Waals surface area contributed by atoms with E-state index in [2.05, 4.69) is 158 Å². The highest BCUT2D eigenvalue weighted by atomic mass is 15.1. The van der Waals surface area contributed by atoms with Crippen LogP contribution in [0.1, 0.15) is 33.4 Å². The molecule has 0 amide bonds. The first kappa shape index (κ1) is 23.0. The SMILES string of the molecule is Cc1cc2c(cc1C)C1(c3ccccc3-c3ccccc31)c1cc(N(c3ccccc3)c3ccccc3)ccc1-2. The van der Waals surface area contributed by atoms with Crippen LogP contribution in [-0.4, -0.2) is 0 Å². The summed E-state index contributed by atoms with van der Waals surface area (Å²) in [5, 5.41) is 0. The van der Waals surface area contributed by atoms with Gasteiger partial charge in [-0.05, 0) is 106 Å². The summed E-state index contributed by atoms with van der Waals surface area (Å²) in [6, 6.07) is 51.4. The maximum absolute atomic E-state index is 2.46. The molecule has 0 saturated carbocycles. The van der Waals surface area contributed by atoms with Crippen LogP contribution in [0.3, 0.4) is 0 Å². The van der Waals surface area contributed by atoms with Crippen LogP contribution >= 0.6 is 0 Å². The Kier molecular flexibility index (Phi) is 4.93. The molecule has 0 bridgehead atoms. The molecule has 8 rings (SSSR count). The van der Waals surface area contributed by atoms with Crippen LogP contribution in [0.5, 0.6) is 0 Å². The van der Waals surface area contributed by atoms with Gasteiger partial charge in [0.1, 0.15) is 0 Å². The lowest BCUT2D eigenvalue weighted by molar-refractivity contribution is 0.792. The minimum absolute atomic E-state index is 0.356. The number of hydrogen-bond acceptors (Lipinski definition) is 1. The predicted octanol–water partition coefficient (Wildman–Crippen LogP) is 10.1. The van der Waals surface area contributed by atoms with E-state index in [1.54, 1.807) is 0 Å². The first-order valence-corrected chi connectivity index (χ1v) is 14.0. The molecular weight excluding hydrogens is 482 g/mol. The van der Waals surface area contributed by atoms with Crippen LogP contribution in [0.2, 0.25) is 0 Å². The average molecular weight is 512 g/mol. The second-order valence-electron chi connectivity index (χ2n) is 11.1. The number of benzene rings is 6. The normalized spacial score (nSPS) is 13.4. The number of nitrogens with zero attached hydrogens (tertiary/aromatic N) is 1. The molecule has 0 aliphatic heterocycles. The molecule has 0 unspecified atom stereocenters. The van der Waals surface area contributed by atoms with Crippen molar-refractivity contribution in [3.8, 4) is 22.3 Å². The zero-order chi connectivity index (χ0) is 26.8. The Morgan fingerprint density at radius 3 is 1.45 bits per heavy atom. The zero-order valence-electron chi connectivity index (χ0n) is 22.7. The molecule has 0 aromatic heterocycles. The van der Waals surface area contributed by atoms with Crippen molar-refractivity contribution in [3.63, 3.8) is 0 Å². The number of rotatable bonds is 3. The molecule has 0 radical (unpaired) electrons. The number of hydrogen-bond donors (Lipinski definition) is 0. The second-order valence-corrected chi connectivity index (χ2v) is 11.1. The van der Waals surface area contributed by atoms with Crippen LogP contribution in [-0.2, 0) is 5.41 Å². The lowest BCUT2D eigenvalue weighted by Crippen LogP contribution is -2.26. The second kappa shape index (κ2) is 8.56. The van der Waals surface area contributed by atoms with Crippen LogP contribution in [0, 0.1) is 13.8 Å². The summed E-state index contributed by atoms with van der Waals surface area (Å²) in [5.41, 5.74) is 16.6. The van der Waals surface area contributed by atoms with Gasteiger partial charge in [0.2, 0.25) is 0 Å². The Morgan fingerprint density at radius 2 is 0.850 bits per heavy atom. The van der Waals surface area contributed by atoms with Crippen LogP contribution in [0.4, 0.5) is 17.1 Å². The van der Waals surface area contributed by atoms with E-state index < -0.39 is 0 Å². The summed E-state index contributed by atoms with van der Waals surface area (Å²) in [4.78, 5) is 2.38. The standard InChI is InChI=1S/C39H29N/c1-26-23-34-33-22-21-30(40(28-13-5-3-6-14-28)29-15-7-4-8-16-29)25-38(33)39(37(34)24-27(26)2)35-19-11-9-17-31(35)32-18-10-12-20-36(32)39/h3-25H,1-2H3. The van der Waals surface area contributed by atoms with Crippen LogP contribution in [0.25, 0.3) is 22.3 Å². The molecule has 0 heterocycles. The minimum atomic E-state index is -0.356. The Balaban J connectivity index is 1.47. The molecule has 190 valence electrons. The van der Waals surface area contributed by atoms with E-state index in [1.807, 2.05) is 0 Å². The summed E-state index contributed by atoms with van der Waals surface area (Å²) >= 11 is 0. The highest BCUT2D eigenvalue weighted by molar-refractivity contribution is 5.96. The van der Waals surface area contributed by atoms with Gasteiger partial charge in [-0.15, -0.1) is 0 Å². The third kappa shape index (κ3) is 3.03. The maximum Gasteiger partial charge on any atom is 0.0726 e. The summed E-state index contributed by atoms with van der Waals surface area (Å²) in [6.07, 6.45) is 0. The Hall–Kier alpha value is -4.88. The van der Waals surface area contributed by atoms with Gasteiger partial charge in [-0.1, -0.05) is 103 Å². The Bertz CT molecular complexity index is 1830. The molecule has 0 fully saturated rings. The monoisotopic (exact) mass is 511 g/mol. The van der Waals surface area contributed by atoms with Gasteiger partial charge in [-0.3, -0.25) is 0 Å². The molecule has 6 aromatic rings. The number of aryl methyl sites for hydroxylation is 2. The number of para-hydroxylation sites is 2. The molecule has 0 saturated heterocycles. The molecule has 1 nitrogen and oxygen atoms in total. The molecule has 2 aliphatic carbocycles. The van der Waals surface area contributed by atoms with Gasteiger partial charge in [0.05, 0.1) is 5.41 Å². The molecule has 40 heavy (non-hydrogen) atoms. The van der Waals surface area contributed by atoms with Crippen molar-refractivity contribution in [1.29, 1.82) is 0 Å². The van der Waals surface area contributed by atoms with Crippen molar-refractivity contribution in [2.24, 2.45) is 0 Å². The van der Waals surface area contributed by atoms with Gasteiger partial charge in [0.25, 0.3) is 0 Å². The van der Waals surface area contributed by atoms with E-state index in [9.17, 15) is 0 Å². The lowest BCUT2D eigenvalue weighted by atomic mass is 9.70. The molecule has 6 aromatic carbocycles. The van der Waals surface area contributed by atoms with Crippen molar-refractivity contribution in [3.05, 3.63) is 173 Å². The Morgan fingerprint density at radius 1 is 0.375 bits per heavy atom. The fraction of sp³-hybridized carbons (Fsp3) is 0.0769. The van der Waals surface area contributed by atoms with Gasteiger partial charge in [0, 0.05) is 17.1 Å². The zero-order valence-corrected chi connectivity index (χ0v) is 22.7. The number of anilines is 3. The molecule has 0 N–H and O–H groups in total.